The van der Waals surface area contributed by atoms with E-state index < -0.39 is 0 Å². The van der Waals surface area contributed by atoms with Crippen LogP contribution in [0.1, 0.15) is 39.0 Å². The van der Waals surface area contributed by atoms with E-state index in [9.17, 15) is 4.79 Å². The van der Waals surface area contributed by atoms with Gasteiger partial charge in [0.2, 0.25) is 0 Å². The maximum absolute atomic E-state index is 11.6. The van der Waals surface area contributed by atoms with Crippen molar-refractivity contribution in [1.82, 2.24) is 0 Å². The van der Waals surface area contributed by atoms with Gasteiger partial charge in [-0.3, -0.25) is 4.79 Å². The van der Waals surface area contributed by atoms with Crippen LogP contribution in [-0.2, 0) is 4.79 Å². The van der Waals surface area contributed by atoms with Crippen LogP contribution >= 0.6 is 0 Å². The van der Waals surface area contributed by atoms with Gasteiger partial charge in [0.1, 0.15) is 5.78 Å². The summed E-state index contributed by atoms with van der Waals surface area (Å²) in [4.78, 5) is 11.6. The van der Waals surface area contributed by atoms with Crippen molar-refractivity contribution in [3.05, 3.63) is 0 Å². The van der Waals surface area contributed by atoms with Gasteiger partial charge in [0.15, 0.2) is 0 Å². The molecule has 1 heterocycles. The van der Waals surface area contributed by atoms with Gasteiger partial charge in [0.25, 0.3) is 0 Å². The van der Waals surface area contributed by atoms with Crippen LogP contribution in [0.3, 0.4) is 0 Å². The lowest BCUT2D eigenvalue weighted by Gasteiger charge is -2.34. The van der Waals surface area contributed by atoms with E-state index in [0.717, 1.165) is 12.8 Å². The Balaban J connectivity index is 2.06. The predicted molar refractivity (Wildman–Crippen MR) is 46.8 cm³/mol. The van der Waals surface area contributed by atoms with Gasteiger partial charge in [-0.05, 0) is 19.8 Å². The Kier molecular flexibility index (Phi) is 2.18. The van der Waals surface area contributed by atoms with E-state index >= 15 is 0 Å². The molecule has 68 valence electrons. The summed E-state index contributed by atoms with van der Waals surface area (Å²) in [6.07, 6.45) is 5.83. The van der Waals surface area contributed by atoms with E-state index in [4.69, 9.17) is 0 Å². The molecular weight excluding hydrogens is 150 g/mol. The number of quaternary nitrogens is 1. The Hall–Kier alpha value is -0.370. The monoisotopic (exact) mass is 168 g/mol. The first-order chi connectivity index (χ1) is 5.77. The summed E-state index contributed by atoms with van der Waals surface area (Å²) in [5.41, 5.74) is 0. The van der Waals surface area contributed by atoms with Gasteiger partial charge >= 0.3 is 0 Å². The van der Waals surface area contributed by atoms with Gasteiger partial charge in [0, 0.05) is 6.42 Å². The molecule has 2 rings (SSSR count). The summed E-state index contributed by atoms with van der Waals surface area (Å²) in [6, 6.07) is 1.17. The minimum atomic E-state index is 0.412. The molecule has 3 atom stereocenters. The second-order valence-corrected chi connectivity index (χ2v) is 4.39. The Bertz CT molecular complexity index is 190. The van der Waals surface area contributed by atoms with Crippen LogP contribution in [0.4, 0.5) is 0 Å². The first-order valence-corrected chi connectivity index (χ1v) is 5.15. The second-order valence-electron chi connectivity index (χ2n) is 4.39. The fraction of sp³-hybridized carbons (Fsp3) is 0.900. The van der Waals surface area contributed by atoms with Crippen molar-refractivity contribution in [2.24, 2.45) is 5.92 Å². The molecule has 2 nitrogen and oxygen atoms in total. The summed E-state index contributed by atoms with van der Waals surface area (Å²) in [5, 5.41) is 2.42. The van der Waals surface area contributed by atoms with Crippen LogP contribution in [0.15, 0.2) is 0 Å². The fourth-order valence-corrected chi connectivity index (χ4v) is 2.75. The number of nitrogens with two attached hydrogens (primary N) is 1. The van der Waals surface area contributed by atoms with E-state index in [0.29, 0.717) is 23.8 Å². The number of rotatable bonds is 0. The lowest BCUT2D eigenvalue weighted by Crippen LogP contribution is -2.98. The highest BCUT2D eigenvalue weighted by atomic mass is 16.1. The zero-order chi connectivity index (χ0) is 8.55. The van der Waals surface area contributed by atoms with E-state index in [1.54, 1.807) is 0 Å². The summed E-state index contributed by atoms with van der Waals surface area (Å²) in [5.74, 6) is 0.949. The molecule has 0 spiro atoms. The van der Waals surface area contributed by atoms with Gasteiger partial charge in [-0.2, -0.15) is 0 Å². The highest BCUT2D eigenvalue weighted by Gasteiger charge is 2.39. The van der Waals surface area contributed by atoms with Gasteiger partial charge in [0.05, 0.1) is 24.4 Å². The molecular formula is C10H18NO+. The van der Waals surface area contributed by atoms with E-state index in [2.05, 4.69) is 12.2 Å². The number of fused-ring (bicyclic) bond motifs is 1. The molecule has 1 saturated heterocycles. The van der Waals surface area contributed by atoms with Crippen molar-refractivity contribution in [3.8, 4) is 0 Å². The van der Waals surface area contributed by atoms with E-state index in [1.807, 2.05) is 0 Å². The zero-order valence-electron chi connectivity index (χ0n) is 7.75. The molecule has 0 aromatic heterocycles. The number of carbonyl (C=O) groups is 1. The first-order valence-electron chi connectivity index (χ1n) is 5.15. The lowest BCUT2D eigenvalue weighted by molar-refractivity contribution is -0.728. The van der Waals surface area contributed by atoms with Gasteiger partial charge in [-0.25, -0.2) is 0 Å². The average Bonchev–Trinajstić information content (AvgIpc) is 2.04. The smallest absolute Gasteiger partial charge is 0.147 e. The van der Waals surface area contributed by atoms with Crippen molar-refractivity contribution >= 4 is 5.78 Å². The minimum absolute atomic E-state index is 0.412. The molecule has 2 N–H and O–H groups in total. The molecule has 0 radical (unpaired) electrons. The Morgan fingerprint density at radius 1 is 1.33 bits per heavy atom. The maximum Gasteiger partial charge on any atom is 0.147 e. The summed E-state index contributed by atoms with van der Waals surface area (Å²) in [6.45, 7) is 2.17. The predicted octanol–water partition coefficient (Wildman–Crippen LogP) is 0.470. The normalized spacial score (nSPS) is 42.4. The van der Waals surface area contributed by atoms with Crippen LogP contribution in [0.5, 0.6) is 0 Å². The molecule has 1 aliphatic heterocycles. The van der Waals surface area contributed by atoms with Crippen LogP contribution in [0.25, 0.3) is 0 Å². The molecule has 1 aliphatic carbocycles. The molecule has 0 aromatic carbocycles. The summed E-state index contributed by atoms with van der Waals surface area (Å²) >= 11 is 0. The number of piperidine rings is 1. The van der Waals surface area contributed by atoms with Crippen molar-refractivity contribution in [1.29, 1.82) is 0 Å². The van der Waals surface area contributed by atoms with Crippen LogP contribution in [0.2, 0.25) is 0 Å². The van der Waals surface area contributed by atoms with E-state index in [-0.39, 0.29) is 0 Å². The molecule has 2 heteroatoms. The summed E-state index contributed by atoms with van der Waals surface area (Å²) in [7, 11) is 0. The average molecular weight is 168 g/mol. The Morgan fingerprint density at radius 3 is 2.92 bits per heavy atom. The quantitative estimate of drug-likeness (QED) is 0.560. The molecule has 2 fully saturated rings. The zero-order valence-corrected chi connectivity index (χ0v) is 7.75. The number of ketones is 1. The first kappa shape index (κ1) is 8.24. The fourth-order valence-electron chi connectivity index (χ4n) is 2.75. The van der Waals surface area contributed by atoms with Gasteiger partial charge in [-0.1, -0.05) is 6.42 Å². The third-order valence-corrected chi connectivity index (χ3v) is 3.33. The molecule has 0 unspecified atom stereocenters. The molecule has 2 aliphatic rings. The molecule has 0 bridgehead atoms. The van der Waals surface area contributed by atoms with Crippen LogP contribution in [0, 0.1) is 5.92 Å². The third-order valence-electron chi connectivity index (χ3n) is 3.33. The van der Waals surface area contributed by atoms with Crippen molar-refractivity contribution in [2.45, 2.75) is 51.1 Å². The SMILES string of the molecule is C[C@@H]1CC(=O)[C@H]2CCCC[C@@H]2[NH2+]1. The topological polar surface area (TPSA) is 33.7 Å². The lowest BCUT2D eigenvalue weighted by atomic mass is 9.77. The standard InChI is InChI=1S/C10H17NO/c1-7-6-10(12)8-4-2-3-5-9(8)11-7/h7-9,11H,2-6H2,1H3/p+1/t7-,8+,9+/m1/s1. The summed E-state index contributed by atoms with van der Waals surface area (Å²) < 4.78 is 0. The Morgan fingerprint density at radius 2 is 2.08 bits per heavy atom. The molecule has 0 amide bonds. The number of hydrogen-bond donors (Lipinski definition) is 1. The highest BCUT2D eigenvalue weighted by Crippen LogP contribution is 2.26. The number of Topliss-reactive ketones (excluding diaryl/α,β-unsaturated/α-hetero) is 1. The number of carbonyl (C=O) groups excluding carboxylic acids is 1. The maximum atomic E-state index is 11.6. The van der Waals surface area contributed by atoms with Crippen molar-refractivity contribution in [3.63, 3.8) is 0 Å². The van der Waals surface area contributed by atoms with Crippen molar-refractivity contribution in [2.75, 3.05) is 0 Å². The van der Waals surface area contributed by atoms with Crippen LogP contribution in [-0.4, -0.2) is 17.9 Å². The molecule has 1 saturated carbocycles. The molecule has 0 aromatic rings. The third kappa shape index (κ3) is 1.40. The number of hydrogen-bond acceptors (Lipinski definition) is 1. The van der Waals surface area contributed by atoms with E-state index in [1.165, 1.54) is 19.3 Å². The largest absolute Gasteiger partial charge is 0.341 e. The Labute approximate surface area is 73.7 Å². The van der Waals surface area contributed by atoms with Crippen molar-refractivity contribution < 1.29 is 10.1 Å². The minimum Gasteiger partial charge on any atom is -0.341 e. The highest BCUT2D eigenvalue weighted by molar-refractivity contribution is 5.82. The molecule has 12 heavy (non-hydrogen) atoms. The second kappa shape index (κ2) is 3.17. The van der Waals surface area contributed by atoms with Gasteiger partial charge < -0.3 is 5.32 Å². The van der Waals surface area contributed by atoms with Crippen LogP contribution < -0.4 is 5.32 Å². The van der Waals surface area contributed by atoms with Gasteiger partial charge in [-0.15, -0.1) is 0 Å².